The third kappa shape index (κ3) is 3.71. The molecule has 2 aromatic rings. The van der Waals surface area contributed by atoms with Crippen LogP contribution in [0.15, 0.2) is 17.8 Å². The monoisotopic (exact) mass is 438 g/mol. The Hall–Kier alpha value is -2.14. The van der Waals surface area contributed by atoms with E-state index >= 15 is 0 Å². The fourth-order valence-electron chi connectivity index (χ4n) is 5.54. The number of hydrogen-bond donors (Lipinski definition) is 0. The number of fused-ring (bicyclic) bond motifs is 3. The number of allylic oxidation sites excluding steroid dienone is 2. The second-order valence-electron chi connectivity index (χ2n) is 9.68. The maximum Gasteiger partial charge on any atom is 0.141 e. The fraction of sp³-hybridized carbons (Fsp3) is 0.462. The highest BCUT2D eigenvalue weighted by atomic mass is 32.2. The number of aromatic nitrogens is 1. The van der Waals surface area contributed by atoms with E-state index in [1.165, 1.54) is 22.9 Å². The number of rotatable bonds is 4. The lowest BCUT2D eigenvalue weighted by Gasteiger charge is -2.37. The molecular formula is C26H31FN2OS. The number of benzene rings is 1. The molecule has 2 aliphatic rings. The molecule has 4 rings (SSSR count). The molecule has 0 saturated carbocycles. The molecule has 5 heteroatoms. The molecule has 1 aliphatic carbocycles. The molecule has 0 atom stereocenters. The molecule has 0 saturated heterocycles. The standard InChI is InChI=1S/C26H31FN2OS/c1-15-12-26(4,5)9-7-20(15)22-17(3)23-24-18(11-19(27)13-28-24)14-29(31-6)25(23)16(2)21(22)8-10-30/h10-11,13H,7-9,12,14H2,1-6H3. The van der Waals surface area contributed by atoms with Crippen molar-refractivity contribution >= 4 is 29.5 Å². The van der Waals surface area contributed by atoms with Crippen molar-refractivity contribution in [3.05, 3.63) is 51.5 Å². The van der Waals surface area contributed by atoms with E-state index < -0.39 is 0 Å². The van der Waals surface area contributed by atoms with Gasteiger partial charge in [0.1, 0.15) is 12.1 Å². The Morgan fingerprint density at radius 1 is 1.23 bits per heavy atom. The van der Waals surface area contributed by atoms with E-state index in [2.05, 4.69) is 43.9 Å². The number of aldehydes is 1. The summed E-state index contributed by atoms with van der Waals surface area (Å²) in [5.74, 6) is -0.302. The second-order valence-corrected chi connectivity index (χ2v) is 10.5. The van der Waals surface area contributed by atoms with Crippen LogP contribution in [-0.4, -0.2) is 17.5 Å². The van der Waals surface area contributed by atoms with Gasteiger partial charge in [-0.2, -0.15) is 0 Å². The highest BCUT2D eigenvalue weighted by Gasteiger charge is 2.33. The van der Waals surface area contributed by atoms with Crippen LogP contribution in [0.2, 0.25) is 0 Å². The van der Waals surface area contributed by atoms with Crippen molar-refractivity contribution in [3.8, 4) is 11.3 Å². The zero-order valence-electron chi connectivity index (χ0n) is 19.4. The first-order chi connectivity index (χ1) is 14.7. The van der Waals surface area contributed by atoms with E-state index in [0.29, 0.717) is 18.4 Å². The van der Waals surface area contributed by atoms with Crippen molar-refractivity contribution in [2.24, 2.45) is 5.41 Å². The Morgan fingerprint density at radius 3 is 2.61 bits per heavy atom. The summed E-state index contributed by atoms with van der Waals surface area (Å²) in [6, 6.07) is 1.61. The van der Waals surface area contributed by atoms with Gasteiger partial charge in [-0.15, -0.1) is 0 Å². The lowest BCUT2D eigenvalue weighted by atomic mass is 9.71. The van der Waals surface area contributed by atoms with Crippen LogP contribution in [0.25, 0.3) is 16.8 Å². The van der Waals surface area contributed by atoms with Crippen molar-refractivity contribution in [2.45, 2.75) is 66.8 Å². The summed E-state index contributed by atoms with van der Waals surface area (Å²) in [5, 5.41) is 0. The number of anilines is 1. The van der Waals surface area contributed by atoms with Crippen LogP contribution in [0, 0.1) is 25.1 Å². The Bertz CT molecular complexity index is 1100. The van der Waals surface area contributed by atoms with E-state index in [0.717, 1.165) is 64.7 Å². The highest BCUT2D eigenvalue weighted by Crippen LogP contribution is 2.51. The van der Waals surface area contributed by atoms with E-state index in [4.69, 9.17) is 0 Å². The number of pyridine rings is 1. The van der Waals surface area contributed by atoms with Gasteiger partial charge in [0.05, 0.1) is 24.1 Å². The lowest BCUT2D eigenvalue weighted by Crippen LogP contribution is -2.24. The Labute approximate surface area is 189 Å². The largest absolute Gasteiger partial charge is 0.311 e. The van der Waals surface area contributed by atoms with E-state index in [1.54, 1.807) is 18.0 Å². The van der Waals surface area contributed by atoms with Gasteiger partial charge in [0.25, 0.3) is 0 Å². The van der Waals surface area contributed by atoms with Gasteiger partial charge in [0.2, 0.25) is 0 Å². The summed E-state index contributed by atoms with van der Waals surface area (Å²) in [5.41, 5.74) is 11.7. The minimum Gasteiger partial charge on any atom is -0.311 e. The van der Waals surface area contributed by atoms with Crippen molar-refractivity contribution in [2.75, 3.05) is 10.6 Å². The van der Waals surface area contributed by atoms with Gasteiger partial charge >= 0.3 is 0 Å². The molecule has 0 N–H and O–H groups in total. The summed E-state index contributed by atoms with van der Waals surface area (Å²) < 4.78 is 16.2. The molecule has 1 aromatic heterocycles. The quantitative estimate of drug-likeness (QED) is 0.387. The zero-order chi connectivity index (χ0) is 22.5. The average molecular weight is 439 g/mol. The Morgan fingerprint density at radius 2 is 1.97 bits per heavy atom. The van der Waals surface area contributed by atoms with Gasteiger partial charge < -0.3 is 9.10 Å². The third-order valence-electron chi connectivity index (χ3n) is 6.95. The summed E-state index contributed by atoms with van der Waals surface area (Å²) >= 11 is 1.63. The molecule has 0 fully saturated rings. The summed E-state index contributed by atoms with van der Waals surface area (Å²) in [6.45, 7) is 11.8. The molecule has 0 amide bonds. The normalized spacial score (nSPS) is 17.5. The number of carbonyl (C=O) groups excluding carboxylic acids is 1. The molecule has 0 spiro atoms. The summed E-state index contributed by atoms with van der Waals surface area (Å²) in [4.78, 5) is 16.3. The minimum absolute atomic E-state index is 0.302. The maximum atomic E-state index is 14.0. The number of carbonyl (C=O) groups is 1. The highest BCUT2D eigenvalue weighted by molar-refractivity contribution is 7.99. The van der Waals surface area contributed by atoms with Crippen molar-refractivity contribution in [1.29, 1.82) is 0 Å². The molecule has 0 bridgehead atoms. The predicted octanol–water partition coefficient (Wildman–Crippen LogP) is 6.83. The van der Waals surface area contributed by atoms with Gasteiger partial charge in [0.15, 0.2) is 0 Å². The predicted molar refractivity (Wildman–Crippen MR) is 129 cm³/mol. The van der Waals surface area contributed by atoms with E-state index in [1.807, 2.05) is 6.26 Å². The molecule has 2 heterocycles. The SMILES string of the molecule is CSN1Cc2cc(F)cnc2-c2c(C)c(C3=C(C)CC(C)(C)CC3)c(CC=O)c(C)c21. The van der Waals surface area contributed by atoms with Crippen LogP contribution in [-0.2, 0) is 17.8 Å². The molecule has 0 radical (unpaired) electrons. The van der Waals surface area contributed by atoms with Crippen LogP contribution < -0.4 is 4.31 Å². The van der Waals surface area contributed by atoms with Gasteiger partial charge in [-0.05, 0) is 79.3 Å². The van der Waals surface area contributed by atoms with Crippen LogP contribution in [0.4, 0.5) is 10.1 Å². The number of hydrogen-bond acceptors (Lipinski definition) is 4. The van der Waals surface area contributed by atoms with Gasteiger partial charge in [0, 0.05) is 23.8 Å². The van der Waals surface area contributed by atoms with Crippen molar-refractivity contribution < 1.29 is 9.18 Å². The lowest BCUT2D eigenvalue weighted by molar-refractivity contribution is -0.107. The van der Waals surface area contributed by atoms with Crippen molar-refractivity contribution in [1.82, 2.24) is 4.98 Å². The maximum absolute atomic E-state index is 14.0. The zero-order valence-corrected chi connectivity index (χ0v) is 20.2. The molecule has 1 aliphatic heterocycles. The van der Waals surface area contributed by atoms with Gasteiger partial charge in [-0.1, -0.05) is 31.4 Å². The number of halogens is 1. The summed E-state index contributed by atoms with van der Waals surface area (Å²) in [7, 11) is 0. The van der Waals surface area contributed by atoms with Crippen LogP contribution >= 0.6 is 11.9 Å². The smallest absolute Gasteiger partial charge is 0.141 e. The molecular weight excluding hydrogens is 407 g/mol. The van der Waals surface area contributed by atoms with Crippen molar-refractivity contribution in [3.63, 3.8) is 0 Å². The Balaban J connectivity index is 2.07. The first-order valence-electron chi connectivity index (χ1n) is 10.9. The first-order valence-corrected chi connectivity index (χ1v) is 12.1. The minimum atomic E-state index is -0.302. The number of nitrogens with zero attached hydrogens (tertiary/aromatic N) is 2. The summed E-state index contributed by atoms with van der Waals surface area (Å²) in [6.07, 6.45) is 8.00. The molecule has 31 heavy (non-hydrogen) atoms. The second kappa shape index (κ2) is 8.09. The molecule has 1 aromatic carbocycles. The van der Waals surface area contributed by atoms with Crippen LogP contribution in [0.1, 0.15) is 67.9 Å². The van der Waals surface area contributed by atoms with Gasteiger partial charge in [-0.3, -0.25) is 4.98 Å². The van der Waals surface area contributed by atoms with Gasteiger partial charge in [-0.25, -0.2) is 4.39 Å². The Kier molecular flexibility index (Phi) is 5.76. The molecule has 3 nitrogen and oxygen atoms in total. The van der Waals surface area contributed by atoms with E-state index in [9.17, 15) is 9.18 Å². The van der Waals surface area contributed by atoms with Crippen LogP contribution in [0.5, 0.6) is 0 Å². The molecule has 164 valence electrons. The molecule has 0 unspecified atom stereocenters. The third-order valence-corrected chi connectivity index (χ3v) is 7.70. The van der Waals surface area contributed by atoms with E-state index in [-0.39, 0.29) is 5.82 Å². The first kappa shape index (κ1) is 22.1. The van der Waals surface area contributed by atoms with Crippen LogP contribution in [0.3, 0.4) is 0 Å². The average Bonchev–Trinajstić information content (AvgIpc) is 2.71. The topological polar surface area (TPSA) is 33.2 Å². The fourth-order valence-corrected chi connectivity index (χ4v) is 6.22.